The molecule has 0 aliphatic carbocycles. The van der Waals surface area contributed by atoms with Crippen molar-refractivity contribution in [3.05, 3.63) is 0 Å². The van der Waals surface area contributed by atoms with Crippen LogP contribution in [0.15, 0.2) is 0 Å². The van der Waals surface area contributed by atoms with Gasteiger partial charge in [0.25, 0.3) is 0 Å². The van der Waals surface area contributed by atoms with Crippen LogP contribution >= 0.6 is 0 Å². The molecule has 0 aliphatic heterocycles. The SMILES string of the molecule is CCCCCCCOC(=O)CCCCCCCCCCCCCCC(C)C. The molecule has 162 valence electrons. The summed E-state index contributed by atoms with van der Waals surface area (Å²) in [5.74, 6) is 0.884. The molecule has 0 saturated heterocycles. The first-order valence-corrected chi connectivity index (χ1v) is 12.3. The van der Waals surface area contributed by atoms with Gasteiger partial charge in [-0.25, -0.2) is 0 Å². The van der Waals surface area contributed by atoms with Gasteiger partial charge in [0.2, 0.25) is 0 Å². The Labute approximate surface area is 171 Å². The van der Waals surface area contributed by atoms with Gasteiger partial charge in [0.05, 0.1) is 6.61 Å². The smallest absolute Gasteiger partial charge is 0.305 e. The van der Waals surface area contributed by atoms with E-state index < -0.39 is 0 Å². The van der Waals surface area contributed by atoms with E-state index in [-0.39, 0.29) is 5.97 Å². The Bertz CT molecular complexity index is 299. The lowest BCUT2D eigenvalue weighted by molar-refractivity contribution is -0.143. The van der Waals surface area contributed by atoms with Crippen LogP contribution in [0.2, 0.25) is 0 Å². The predicted octanol–water partition coefficient (Wildman–Crippen LogP) is 8.62. The summed E-state index contributed by atoms with van der Waals surface area (Å²) >= 11 is 0. The average Bonchev–Trinajstić information content (AvgIpc) is 2.64. The number of ether oxygens (including phenoxy) is 1. The fraction of sp³-hybridized carbons (Fsp3) is 0.960. The Kier molecular flexibility index (Phi) is 21.3. The van der Waals surface area contributed by atoms with Gasteiger partial charge >= 0.3 is 5.97 Å². The third-order valence-electron chi connectivity index (χ3n) is 5.42. The summed E-state index contributed by atoms with van der Waals surface area (Å²) in [6.45, 7) is 7.49. The molecule has 0 heterocycles. The molecule has 0 aliphatic rings. The van der Waals surface area contributed by atoms with Gasteiger partial charge in [-0.2, -0.15) is 0 Å². The number of esters is 1. The van der Waals surface area contributed by atoms with Crippen LogP contribution in [0.25, 0.3) is 0 Å². The van der Waals surface area contributed by atoms with Gasteiger partial charge in [-0.15, -0.1) is 0 Å². The van der Waals surface area contributed by atoms with Crippen LogP contribution < -0.4 is 0 Å². The summed E-state index contributed by atoms with van der Waals surface area (Å²) < 4.78 is 5.30. The molecule has 0 atom stereocenters. The van der Waals surface area contributed by atoms with Crippen molar-refractivity contribution in [2.75, 3.05) is 6.61 Å². The molecule has 0 aromatic heterocycles. The van der Waals surface area contributed by atoms with E-state index in [1.165, 1.54) is 103 Å². The van der Waals surface area contributed by atoms with Crippen molar-refractivity contribution in [3.8, 4) is 0 Å². The Morgan fingerprint density at radius 2 is 1.07 bits per heavy atom. The van der Waals surface area contributed by atoms with Crippen molar-refractivity contribution in [3.63, 3.8) is 0 Å². The molecule has 0 amide bonds. The quantitative estimate of drug-likeness (QED) is 0.147. The molecule has 2 nitrogen and oxygen atoms in total. The first-order valence-electron chi connectivity index (χ1n) is 12.3. The largest absolute Gasteiger partial charge is 0.466 e. The van der Waals surface area contributed by atoms with Crippen LogP contribution in [-0.2, 0) is 9.53 Å². The summed E-state index contributed by atoms with van der Waals surface area (Å²) in [6, 6.07) is 0. The minimum absolute atomic E-state index is 0.0129. The van der Waals surface area contributed by atoms with Crippen molar-refractivity contribution in [2.24, 2.45) is 5.92 Å². The van der Waals surface area contributed by atoms with Gasteiger partial charge < -0.3 is 4.74 Å². The van der Waals surface area contributed by atoms with Crippen molar-refractivity contribution in [1.29, 1.82) is 0 Å². The first kappa shape index (κ1) is 26.5. The normalized spacial score (nSPS) is 11.3. The van der Waals surface area contributed by atoms with Gasteiger partial charge in [0, 0.05) is 6.42 Å². The van der Waals surface area contributed by atoms with Crippen LogP contribution in [0.1, 0.15) is 143 Å². The number of carbonyl (C=O) groups excluding carboxylic acids is 1. The summed E-state index contributed by atoms with van der Waals surface area (Å²) in [4.78, 5) is 11.6. The molecule has 27 heavy (non-hydrogen) atoms. The van der Waals surface area contributed by atoms with E-state index in [4.69, 9.17) is 4.74 Å². The Hall–Kier alpha value is -0.530. The highest BCUT2D eigenvalue weighted by Crippen LogP contribution is 2.14. The standard InChI is InChI=1S/C25H50O2/c1-4-5-6-17-20-23-27-25(26)22-19-16-14-12-10-8-7-9-11-13-15-18-21-24(2)3/h24H,4-23H2,1-3H3. The molecule has 0 saturated carbocycles. The van der Waals surface area contributed by atoms with E-state index in [1.807, 2.05) is 0 Å². The first-order chi connectivity index (χ1) is 13.2. The van der Waals surface area contributed by atoms with Crippen LogP contribution in [0.3, 0.4) is 0 Å². The van der Waals surface area contributed by atoms with Crippen LogP contribution in [0, 0.1) is 5.92 Å². The topological polar surface area (TPSA) is 26.3 Å². The van der Waals surface area contributed by atoms with Crippen molar-refractivity contribution >= 4 is 5.97 Å². The van der Waals surface area contributed by atoms with Gasteiger partial charge in [0.15, 0.2) is 0 Å². The zero-order valence-electron chi connectivity index (χ0n) is 19.0. The zero-order valence-corrected chi connectivity index (χ0v) is 19.0. The lowest BCUT2D eigenvalue weighted by atomic mass is 10.0. The molecule has 0 aromatic rings. The predicted molar refractivity (Wildman–Crippen MR) is 119 cm³/mol. The highest BCUT2D eigenvalue weighted by molar-refractivity contribution is 5.69. The third-order valence-corrected chi connectivity index (χ3v) is 5.42. The van der Waals surface area contributed by atoms with Crippen LogP contribution in [0.5, 0.6) is 0 Å². The Morgan fingerprint density at radius 3 is 1.59 bits per heavy atom. The lowest BCUT2D eigenvalue weighted by Crippen LogP contribution is -2.05. The minimum Gasteiger partial charge on any atom is -0.466 e. The minimum atomic E-state index is 0.0129. The molecule has 0 unspecified atom stereocenters. The Morgan fingerprint density at radius 1 is 0.630 bits per heavy atom. The van der Waals surface area contributed by atoms with Crippen LogP contribution in [0.4, 0.5) is 0 Å². The van der Waals surface area contributed by atoms with Crippen molar-refractivity contribution in [1.82, 2.24) is 0 Å². The molecule has 0 bridgehead atoms. The van der Waals surface area contributed by atoms with Crippen molar-refractivity contribution in [2.45, 2.75) is 143 Å². The van der Waals surface area contributed by atoms with Crippen LogP contribution in [-0.4, -0.2) is 12.6 Å². The van der Waals surface area contributed by atoms with Crippen molar-refractivity contribution < 1.29 is 9.53 Å². The molecular weight excluding hydrogens is 332 g/mol. The summed E-state index contributed by atoms with van der Waals surface area (Å²) in [6.07, 6.45) is 24.2. The van der Waals surface area contributed by atoms with Gasteiger partial charge in [0.1, 0.15) is 0 Å². The fourth-order valence-corrected chi connectivity index (χ4v) is 3.55. The molecular formula is C25H50O2. The molecule has 0 rings (SSSR count). The number of rotatable bonds is 21. The number of carbonyl (C=O) groups is 1. The molecule has 0 radical (unpaired) electrons. The number of hydrogen-bond donors (Lipinski definition) is 0. The monoisotopic (exact) mass is 382 g/mol. The zero-order chi connectivity index (χ0) is 20.0. The second-order valence-electron chi connectivity index (χ2n) is 8.81. The van der Waals surface area contributed by atoms with Gasteiger partial charge in [-0.3, -0.25) is 4.79 Å². The Balaban J connectivity index is 3.12. The molecule has 0 N–H and O–H groups in total. The van der Waals surface area contributed by atoms with E-state index >= 15 is 0 Å². The van der Waals surface area contributed by atoms with E-state index in [2.05, 4.69) is 20.8 Å². The third kappa shape index (κ3) is 23.4. The van der Waals surface area contributed by atoms with Gasteiger partial charge in [-0.05, 0) is 18.8 Å². The molecule has 0 fully saturated rings. The molecule has 0 aromatic carbocycles. The maximum absolute atomic E-state index is 11.6. The highest BCUT2D eigenvalue weighted by atomic mass is 16.5. The van der Waals surface area contributed by atoms with E-state index in [9.17, 15) is 4.79 Å². The molecule has 2 heteroatoms. The highest BCUT2D eigenvalue weighted by Gasteiger charge is 2.02. The maximum atomic E-state index is 11.6. The lowest BCUT2D eigenvalue weighted by Gasteiger charge is -2.05. The fourth-order valence-electron chi connectivity index (χ4n) is 3.55. The molecule has 0 spiro atoms. The second-order valence-corrected chi connectivity index (χ2v) is 8.81. The summed E-state index contributed by atoms with van der Waals surface area (Å²) in [5.41, 5.74) is 0. The maximum Gasteiger partial charge on any atom is 0.305 e. The van der Waals surface area contributed by atoms with Gasteiger partial charge in [-0.1, -0.05) is 124 Å². The van der Waals surface area contributed by atoms with E-state index in [1.54, 1.807) is 0 Å². The number of unbranched alkanes of at least 4 members (excludes halogenated alkanes) is 15. The van der Waals surface area contributed by atoms with E-state index in [0.29, 0.717) is 13.0 Å². The summed E-state index contributed by atoms with van der Waals surface area (Å²) in [7, 11) is 0. The second kappa shape index (κ2) is 21.8. The van der Waals surface area contributed by atoms with E-state index in [0.717, 1.165) is 18.8 Å². The number of hydrogen-bond acceptors (Lipinski definition) is 2. The average molecular weight is 383 g/mol. The summed E-state index contributed by atoms with van der Waals surface area (Å²) in [5, 5.41) is 0.